The Kier molecular flexibility index (Phi) is 5.33. The van der Waals surface area contributed by atoms with Crippen molar-refractivity contribution in [3.05, 3.63) is 46.2 Å². The maximum atomic E-state index is 14.2. The Hall–Kier alpha value is -2.99. The van der Waals surface area contributed by atoms with Crippen LogP contribution in [-0.4, -0.2) is 68.8 Å². The van der Waals surface area contributed by atoms with Crippen molar-refractivity contribution in [3.8, 4) is 6.01 Å². The second-order valence-corrected chi connectivity index (χ2v) is 7.88. The van der Waals surface area contributed by atoms with Gasteiger partial charge in [-0.1, -0.05) is 17.7 Å². The first kappa shape index (κ1) is 20.9. The molecule has 12 heteroatoms. The molecule has 0 unspecified atom stereocenters. The summed E-state index contributed by atoms with van der Waals surface area (Å²) in [5.74, 6) is -1.67. The average molecular weight is 465 g/mol. The number of carboxylic acids is 1. The third-order valence-electron chi connectivity index (χ3n) is 5.43. The van der Waals surface area contributed by atoms with E-state index in [1.54, 1.807) is 6.07 Å². The highest BCUT2D eigenvalue weighted by atomic mass is 35.5. The molecule has 2 aromatic heterocycles. The Bertz CT molecular complexity index is 1190. The molecule has 2 aliphatic rings. The number of anilines is 1. The molecule has 1 aromatic carbocycles. The van der Waals surface area contributed by atoms with Gasteiger partial charge in [-0.05, 0) is 18.2 Å². The Morgan fingerprint density at radius 1 is 1.31 bits per heavy atom. The standard InChI is InChI=1S/C20H18ClFN4O6/c21-10-4-12-18(25-17(10)23-5-9-8(19(28)29)2-1-3-11(9)22)26-20(24-12)32-14-7-31-15-13(27)6-30-16(14)15/h1-4,13-16,27H,5-7H2,(H,28,29)(H2,23,24,25,26)/t13-,14-,15-,16-/m1/s1. The lowest BCUT2D eigenvalue weighted by molar-refractivity contribution is 0.00706. The van der Waals surface area contributed by atoms with Gasteiger partial charge in [0.25, 0.3) is 6.01 Å². The Labute approximate surface area is 185 Å². The summed E-state index contributed by atoms with van der Waals surface area (Å²) in [6.45, 7) is 0.300. The quantitative estimate of drug-likeness (QED) is 0.431. The first-order valence-electron chi connectivity index (χ1n) is 9.79. The number of benzene rings is 1. The van der Waals surface area contributed by atoms with Crippen molar-refractivity contribution in [1.29, 1.82) is 0 Å². The Morgan fingerprint density at radius 3 is 2.94 bits per heavy atom. The molecule has 32 heavy (non-hydrogen) atoms. The van der Waals surface area contributed by atoms with Crippen LogP contribution in [-0.2, 0) is 16.0 Å². The van der Waals surface area contributed by atoms with Crippen LogP contribution in [0, 0.1) is 5.82 Å². The van der Waals surface area contributed by atoms with Crippen LogP contribution in [0.2, 0.25) is 5.02 Å². The topological polar surface area (TPSA) is 139 Å². The summed E-state index contributed by atoms with van der Waals surface area (Å²) in [7, 11) is 0. The lowest BCUT2D eigenvalue weighted by Gasteiger charge is -2.15. The lowest BCUT2D eigenvalue weighted by atomic mass is 10.1. The van der Waals surface area contributed by atoms with E-state index < -0.39 is 36.2 Å². The molecule has 4 N–H and O–H groups in total. The molecular formula is C20H18ClFN4O6. The zero-order valence-electron chi connectivity index (χ0n) is 16.4. The van der Waals surface area contributed by atoms with Crippen molar-refractivity contribution in [3.63, 3.8) is 0 Å². The molecule has 0 radical (unpaired) electrons. The highest BCUT2D eigenvalue weighted by Gasteiger charge is 2.48. The highest BCUT2D eigenvalue weighted by molar-refractivity contribution is 6.33. The van der Waals surface area contributed by atoms with E-state index in [2.05, 4.69) is 20.3 Å². The third kappa shape index (κ3) is 3.73. The molecule has 4 heterocycles. The van der Waals surface area contributed by atoms with Crippen LogP contribution >= 0.6 is 11.6 Å². The largest absolute Gasteiger partial charge is 0.478 e. The van der Waals surface area contributed by atoms with Crippen LogP contribution in [0.3, 0.4) is 0 Å². The van der Waals surface area contributed by atoms with Crippen molar-refractivity contribution in [2.24, 2.45) is 0 Å². The number of hydrogen-bond donors (Lipinski definition) is 4. The van der Waals surface area contributed by atoms with E-state index in [9.17, 15) is 19.4 Å². The molecule has 0 spiro atoms. The summed E-state index contributed by atoms with van der Waals surface area (Å²) in [5.41, 5.74) is 0.636. The summed E-state index contributed by atoms with van der Waals surface area (Å²) < 4.78 is 31.1. The monoisotopic (exact) mass is 464 g/mol. The SMILES string of the molecule is O=C(O)c1cccc(F)c1CNc1nc2nc(O[C@@H]3CO[C@H]4[C@@H]3OC[C@H]4O)[nH]c2cc1Cl. The number of carboxylic acid groups (broad SMARTS) is 1. The zero-order chi connectivity index (χ0) is 22.4. The number of rotatable bonds is 6. The minimum Gasteiger partial charge on any atom is -0.478 e. The van der Waals surface area contributed by atoms with Gasteiger partial charge in [-0.15, -0.1) is 0 Å². The summed E-state index contributed by atoms with van der Waals surface area (Å²) in [5, 5.41) is 22.2. The number of H-pyrrole nitrogens is 1. The number of carbonyl (C=O) groups is 1. The van der Waals surface area contributed by atoms with Gasteiger partial charge in [-0.2, -0.15) is 4.98 Å². The highest BCUT2D eigenvalue weighted by Crippen LogP contribution is 2.31. The lowest BCUT2D eigenvalue weighted by Crippen LogP contribution is -2.34. The molecule has 10 nitrogen and oxygen atoms in total. The van der Waals surface area contributed by atoms with Crippen molar-refractivity contribution in [2.75, 3.05) is 18.5 Å². The van der Waals surface area contributed by atoms with Gasteiger partial charge in [-0.25, -0.2) is 14.2 Å². The molecule has 5 rings (SSSR count). The van der Waals surface area contributed by atoms with Crippen LogP contribution in [0.25, 0.3) is 11.2 Å². The molecule has 2 fully saturated rings. The molecule has 2 aliphatic heterocycles. The number of fused-ring (bicyclic) bond motifs is 2. The fourth-order valence-corrected chi connectivity index (χ4v) is 4.09. The Balaban J connectivity index is 1.34. The van der Waals surface area contributed by atoms with E-state index in [4.69, 9.17) is 25.8 Å². The molecule has 0 amide bonds. The number of aromatic amines is 1. The second-order valence-electron chi connectivity index (χ2n) is 7.48. The van der Waals surface area contributed by atoms with E-state index >= 15 is 0 Å². The van der Waals surface area contributed by atoms with Crippen molar-refractivity contribution in [1.82, 2.24) is 15.0 Å². The smallest absolute Gasteiger partial charge is 0.336 e. The summed E-state index contributed by atoms with van der Waals surface area (Å²) >= 11 is 6.29. The fourth-order valence-electron chi connectivity index (χ4n) is 3.87. The predicted molar refractivity (Wildman–Crippen MR) is 109 cm³/mol. The normalized spacial score (nSPS) is 24.6. The van der Waals surface area contributed by atoms with E-state index in [1.165, 1.54) is 18.2 Å². The Morgan fingerprint density at radius 2 is 2.12 bits per heavy atom. The van der Waals surface area contributed by atoms with Gasteiger partial charge in [0.05, 0.1) is 29.3 Å². The number of nitrogens with one attached hydrogen (secondary N) is 2. The van der Waals surface area contributed by atoms with Gasteiger partial charge < -0.3 is 34.7 Å². The van der Waals surface area contributed by atoms with E-state index in [1.807, 2.05) is 0 Å². The maximum absolute atomic E-state index is 14.2. The van der Waals surface area contributed by atoms with Crippen LogP contribution in [0.15, 0.2) is 24.3 Å². The van der Waals surface area contributed by atoms with Crippen LogP contribution < -0.4 is 10.1 Å². The molecule has 2 saturated heterocycles. The number of nitrogens with zero attached hydrogens (tertiary/aromatic N) is 2. The van der Waals surface area contributed by atoms with Gasteiger partial charge in [0, 0.05) is 12.1 Å². The predicted octanol–water partition coefficient (Wildman–Crippen LogP) is 1.97. The number of ether oxygens (including phenoxy) is 3. The summed E-state index contributed by atoms with van der Waals surface area (Å²) in [6, 6.07) is 5.60. The number of hydrogen-bond acceptors (Lipinski definition) is 8. The minimum atomic E-state index is -1.23. The van der Waals surface area contributed by atoms with Crippen LogP contribution in [0.5, 0.6) is 6.01 Å². The van der Waals surface area contributed by atoms with Crippen LogP contribution in [0.4, 0.5) is 10.2 Å². The number of aliphatic hydroxyl groups excluding tert-OH is 1. The van der Waals surface area contributed by atoms with Gasteiger partial charge >= 0.3 is 5.97 Å². The van der Waals surface area contributed by atoms with E-state index in [-0.39, 0.29) is 47.7 Å². The van der Waals surface area contributed by atoms with E-state index in [0.29, 0.717) is 11.2 Å². The molecular weight excluding hydrogens is 447 g/mol. The third-order valence-corrected chi connectivity index (χ3v) is 5.72. The molecule has 4 atom stereocenters. The van der Waals surface area contributed by atoms with Gasteiger partial charge in [-0.3, -0.25) is 0 Å². The van der Waals surface area contributed by atoms with Gasteiger partial charge in [0.2, 0.25) is 0 Å². The van der Waals surface area contributed by atoms with Crippen molar-refractivity contribution in [2.45, 2.75) is 31.0 Å². The zero-order valence-corrected chi connectivity index (χ0v) is 17.2. The minimum absolute atomic E-state index is 0.0152. The number of halogens is 2. The van der Waals surface area contributed by atoms with Gasteiger partial charge in [0.15, 0.2) is 11.8 Å². The number of aliphatic hydroxyl groups is 1. The summed E-state index contributed by atoms with van der Waals surface area (Å²) in [6.07, 6.45) is -1.95. The summed E-state index contributed by atoms with van der Waals surface area (Å²) in [4.78, 5) is 23.0. The first-order valence-corrected chi connectivity index (χ1v) is 10.2. The first-order chi connectivity index (χ1) is 15.4. The van der Waals surface area contributed by atoms with E-state index in [0.717, 1.165) is 0 Å². The van der Waals surface area contributed by atoms with Crippen LogP contribution in [0.1, 0.15) is 15.9 Å². The number of pyridine rings is 1. The fraction of sp³-hybridized carbons (Fsp3) is 0.350. The molecule has 0 saturated carbocycles. The number of aromatic nitrogens is 3. The molecule has 168 valence electrons. The molecule has 3 aromatic rings. The molecule has 0 bridgehead atoms. The maximum Gasteiger partial charge on any atom is 0.336 e. The molecule has 0 aliphatic carbocycles. The number of aromatic carboxylic acids is 1. The van der Waals surface area contributed by atoms with Crippen molar-refractivity contribution < 1.29 is 33.6 Å². The van der Waals surface area contributed by atoms with Crippen molar-refractivity contribution >= 4 is 34.6 Å². The average Bonchev–Trinajstić information content (AvgIpc) is 3.44. The second kappa shape index (κ2) is 8.17. The number of imidazole rings is 1. The van der Waals surface area contributed by atoms with Gasteiger partial charge in [0.1, 0.15) is 29.9 Å².